The summed E-state index contributed by atoms with van der Waals surface area (Å²) in [5.41, 5.74) is 0. The molecule has 3 nitrogen and oxygen atoms in total. The molecule has 0 aromatic heterocycles. The molecule has 0 spiro atoms. The van der Waals surface area contributed by atoms with Crippen molar-refractivity contribution in [1.29, 1.82) is 0 Å². The van der Waals surface area contributed by atoms with Crippen molar-refractivity contribution in [3.8, 4) is 0 Å². The van der Waals surface area contributed by atoms with Crippen molar-refractivity contribution < 1.29 is 4.79 Å². The minimum Gasteiger partial charge on any atom is -0.341 e. The highest BCUT2D eigenvalue weighted by Crippen LogP contribution is 1.87. The zero-order valence-electron chi connectivity index (χ0n) is 5.64. The Morgan fingerprint density at radius 2 is 2.33 bits per heavy atom. The number of nitrogens with one attached hydrogen (secondary N) is 2. The smallest absolute Gasteiger partial charge is 0.314 e. The molecule has 2 N–H and O–H groups in total. The lowest BCUT2D eigenvalue weighted by Crippen LogP contribution is -2.35. The Bertz CT molecular complexity index is 95.0. The van der Waals surface area contributed by atoms with E-state index in [1.165, 1.54) is 0 Å². The quantitative estimate of drug-likeness (QED) is 0.482. The second kappa shape index (κ2) is 4.49. The van der Waals surface area contributed by atoms with Gasteiger partial charge in [-0.25, -0.2) is 4.79 Å². The van der Waals surface area contributed by atoms with Gasteiger partial charge in [-0.15, -0.1) is 0 Å². The first kappa shape index (κ1) is 8.62. The Morgan fingerprint density at radius 3 is 2.67 bits per heavy atom. The highest BCUT2D eigenvalue weighted by atomic mass is 32.1. The van der Waals surface area contributed by atoms with Crippen LogP contribution in [0.3, 0.4) is 0 Å². The van der Waals surface area contributed by atoms with Gasteiger partial charge < -0.3 is 10.6 Å². The number of urea groups is 1. The molecule has 0 aliphatic rings. The molecule has 2 amide bonds. The molecule has 1 atom stereocenters. The van der Waals surface area contributed by atoms with Crippen molar-refractivity contribution in [2.24, 2.45) is 0 Å². The molecular formula is C5H12N2OS. The van der Waals surface area contributed by atoms with E-state index in [0.717, 1.165) is 0 Å². The minimum atomic E-state index is -0.157. The van der Waals surface area contributed by atoms with E-state index in [-0.39, 0.29) is 11.3 Å². The van der Waals surface area contributed by atoms with E-state index in [1.54, 1.807) is 7.05 Å². The van der Waals surface area contributed by atoms with Gasteiger partial charge in [0.05, 0.1) is 0 Å². The highest BCUT2D eigenvalue weighted by Gasteiger charge is 1.96. The summed E-state index contributed by atoms with van der Waals surface area (Å²) in [6.07, 6.45) is 0. The Labute approximate surface area is 60.6 Å². The predicted molar refractivity (Wildman–Crippen MR) is 40.9 cm³/mol. The third-order valence-electron chi connectivity index (χ3n) is 0.785. The number of thiol groups is 1. The summed E-state index contributed by atoms with van der Waals surface area (Å²) in [5.74, 6) is 0. The molecule has 0 saturated heterocycles. The van der Waals surface area contributed by atoms with Gasteiger partial charge in [-0.1, -0.05) is 6.92 Å². The van der Waals surface area contributed by atoms with Crippen LogP contribution in [-0.2, 0) is 0 Å². The van der Waals surface area contributed by atoms with E-state index < -0.39 is 0 Å². The molecule has 0 fully saturated rings. The largest absolute Gasteiger partial charge is 0.341 e. The number of amides is 2. The highest BCUT2D eigenvalue weighted by molar-refractivity contribution is 7.80. The van der Waals surface area contributed by atoms with Crippen LogP contribution in [0.5, 0.6) is 0 Å². The van der Waals surface area contributed by atoms with Crippen LogP contribution in [0, 0.1) is 0 Å². The zero-order valence-corrected chi connectivity index (χ0v) is 6.53. The van der Waals surface area contributed by atoms with Gasteiger partial charge in [0.2, 0.25) is 0 Å². The third-order valence-corrected chi connectivity index (χ3v) is 0.968. The van der Waals surface area contributed by atoms with Gasteiger partial charge in [-0.3, -0.25) is 0 Å². The average molecular weight is 148 g/mol. The Hall–Kier alpha value is -0.380. The lowest BCUT2D eigenvalue weighted by molar-refractivity contribution is 0.243. The van der Waals surface area contributed by atoms with Crippen LogP contribution in [0.1, 0.15) is 6.92 Å². The van der Waals surface area contributed by atoms with Crippen LogP contribution >= 0.6 is 12.6 Å². The summed E-state index contributed by atoms with van der Waals surface area (Å²) in [5, 5.41) is 5.25. The maximum atomic E-state index is 10.5. The van der Waals surface area contributed by atoms with Gasteiger partial charge in [-0.05, 0) is 0 Å². The van der Waals surface area contributed by atoms with E-state index in [9.17, 15) is 4.79 Å². The van der Waals surface area contributed by atoms with Gasteiger partial charge in [-0.2, -0.15) is 12.6 Å². The summed E-state index contributed by atoms with van der Waals surface area (Å²) >= 11 is 4.07. The monoisotopic (exact) mass is 148 g/mol. The van der Waals surface area contributed by atoms with Crippen molar-refractivity contribution in [2.75, 3.05) is 13.6 Å². The lowest BCUT2D eigenvalue weighted by atomic mass is 10.5. The lowest BCUT2D eigenvalue weighted by Gasteiger charge is -2.04. The number of hydrogen-bond acceptors (Lipinski definition) is 2. The molecular weight excluding hydrogens is 136 g/mol. The average Bonchev–Trinajstić information content (AvgIpc) is 1.83. The second-order valence-corrected chi connectivity index (χ2v) is 2.69. The fourth-order valence-corrected chi connectivity index (χ4v) is 0.420. The third kappa shape index (κ3) is 5.49. The van der Waals surface area contributed by atoms with Crippen LogP contribution in [0.25, 0.3) is 0 Å². The van der Waals surface area contributed by atoms with Crippen molar-refractivity contribution >= 4 is 18.7 Å². The summed E-state index contributed by atoms with van der Waals surface area (Å²) in [7, 11) is 1.58. The van der Waals surface area contributed by atoms with Gasteiger partial charge >= 0.3 is 6.03 Å². The molecule has 0 saturated carbocycles. The van der Waals surface area contributed by atoms with E-state index in [1.807, 2.05) is 6.92 Å². The zero-order chi connectivity index (χ0) is 7.28. The van der Waals surface area contributed by atoms with Crippen LogP contribution < -0.4 is 10.6 Å². The maximum absolute atomic E-state index is 10.5. The Kier molecular flexibility index (Phi) is 4.30. The first-order chi connectivity index (χ1) is 4.16. The minimum absolute atomic E-state index is 0.157. The van der Waals surface area contributed by atoms with Gasteiger partial charge in [0, 0.05) is 18.8 Å². The molecule has 0 aromatic carbocycles. The molecule has 1 unspecified atom stereocenters. The fourth-order valence-electron chi connectivity index (χ4n) is 0.329. The first-order valence-corrected chi connectivity index (χ1v) is 3.32. The van der Waals surface area contributed by atoms with Gasteiger partial charge in [0.15, 0.2) is 0 Å². The number of carbonyl (C=O) groups is 1. The van der Waals surface area contributed by atoms with E-state index in [0.29, 0.717) is 6.54 Å². The van der Waals surface area contributed by atoms with E-state index in [2.05, 4.69) is 23.3 Å². The maximum Gasteiger partial charge on any atom is 0.314 e. The summed E-state index contributed by atoms with van der Waals surface area (Å²) in [6, 6.07) is -0.157. The van der Waals surface area contributed by atoms with E-state index in [4.69, 9.17) is 0 Å². The number of rotatable bonds is 2. The Morgan fingerprint density at radius 1 is 1.78 bits per heavy atom. The predicted octanol–water partition coefficient (Wildman–Crippen LogP) is 0.234. The number of hydrogen-bond donors (Lipinski definition) is 3. The molecule has 9 heavy (non-hydrogen) atoms. The standard InChI is InChI=1S/C5H12N2OS/c1-4(9)3-7-5(8)6-2/h4,9H,3H2,1-2H3,(H2,6,7,8). The van der Waals surface area contributed by atoms with Gasteiger partial charge in [0.25, 0.3) is 0 Å². The molecule has 0 radical (unpaired) electrons. The van der Waals surface area contributed by atoms with Gasteiger partial charge in [0.1, 0.15) is 0 Å². The summed E-state index contributed by atoms with van der Waals surface area (Å²) < 4.78 is 0. The van der Waals surface area contributed by atoms with Crippen LogP contribution in [0.2, 0.25) is 0 Å². The molecule has 54 valence electrons. The summed E-state index contributed by atoms with van der Waals surface area (Å²) in [6.45, 7) is 2.52. The fraction of sp³-hybridized carbons (Fsp3) is 0.800. The van der Waals surface area contributed by atoms with E-state index >= 15 is 0 Å². The molecule has 0 aromatic rings. The molecule has 0 aliphatic heterocycles. The van der Waals surface area contributed by atoms with Crippen LogP contribution in [0.4, 0.5) is 4.79 Å². The number of carbonyl (C=O) groups excluding carboxylic acids is 1. The summed E-state index contributed by atoms with van der Waals surface area (Å²) in [4.78, 5) is 10.5. The first-order valence-electron chi connectivity index (χ1n) is 2.80. The normalized spacial score (nSPS) is 12.3. The molecule has 0 bridgehead atoms. The van der Waals surface area contributed by atoms with Crippen molar-refractivity contribution in [3.05, 3.63) is 0 Å². The molecule has 0 rings (SSSR count). The Balaban J connectivity index is 3.17. The molecule has 4 heteroatoms. The van der Waals surface area contributed by atoms with Crippen molar-refractivity contribution in [3.63, 3.8) is 0 Å². The topological polar surface area (TPSA) is 41.1 Å². The van der Waals surface area contributed by atoms with Crippen LogP contribution in [-0.4, -0.2) is 24.9 Å². The molecule has 0 heterocycles. The van der Waals surface area contributed by atoms with Crippen molar-refractivity contribution in [1.82, 2.24) is 10.6 Å². The second-order valence-electron chi connectivity index (χ2n) is 1.81. The SMILES string of the molecule is CNC(=O)NCC(C)S. The van der Waals surface area contributed by atoms with Crippen LogP contribution in [0.15, 0.2) is 0 Å². The van der Waals surface area contributed by atoms with Crippen molar-refractivity contribution in [2.45, 2.75) is 12.2 Å². The molecule has 0 aliphatic carbocycles.